The standard InChI is InChI=1S/C15H21NO4/c1-12-2-4-13(5-3-12)19-8-6-16-7-9-20-14(11-16)10-15(17)18/h2-5,14H,6-11H2,1H3,(H,17,18). The van der Waals surface area contributed by atoms with Crippen molar-refractivity contribution < 1.29 is 19.4 Å². The second-order valence-corrected chi connectivity index (χ2v) is 5.05. The summed E-state index contributed by atoms with van der Waals surface area (Å²) >= 11 is 0. The summed E-state index contributed by atoms with van der Waals surface area (Å²) in [5.74, 6) is 0.0544. The quantitative estimate of drug-likeness (QED) is 0.856. The number of carboxylic acids is 1. The zero-order valence-corrected chi connectivity index (χ0v) is 11.7. The normalized spacial score (nSPS) is 19.8. The highest BCUT2D eigenvalue weighted by molar-refractivity contribution is 5.67. The molecule has 0 amide bonds. The molecule has 0 spiro atoms. The first-order valence-corrected chi connectivity index (χ1v) is 6.89. The predicted molar refractivity (Wildman–Crippen MR) is 75.1 cm³/mol. The number of benzene rings is 1. The van der Waals surface area contributed by atoms with Crippen molar-refractivity contribution in [3.63, 3.8) is 0 Å². The van der Waals surface area contributed by atoms with Crippen LogP contribution in [0.4, 0.5) is 0 Å². The van der Waals surface area contributed by atoms with E-state index in [-0.39, 0.29) is 12.5 Å². The molecule has 5 nitrogen and oxygen atoms in total. The van der Waals surface area contributed by atoms with E-state index in [0.29, 0.717) is 19.8 Å². The minimum absolute atomic E-state index is 0.0648. The number of aliphatic carboxylic acids is 1. The Morgan fingerprint density at radius 1 is 1.45 bits per heavy atom. The van der Waals surface area contributed by atoms with Crippen molar-refractivity contribution in [2.24, 2.45) is 0 Å². The van der Waals surface area contributed by atoms with Gasteiger partial charge in [0, 0.05) is 19.6 Å². The van der Waals surface area contributed by atoms with Gasteiger partial charge in [-0.2, -0.15) is 0 Å². The molecule has 0 radical (unpaired) electrons. The van der Waals surface area contributed by atoms with E-state index >= 15 is 0 Å². The zero-order chi connectivity index (χ0) is 14.4. The van der Waals surface area contributed by atoms with Crippen molar-refractivity contribution >= 4 is 5.97 Å². The number of carboxylic acid groups (broad SMARTS) is 1. The van der Waals surface area contributed by atoms with E-state index in [2.05, 4.69) is 4.90 Å². The average Bonchev–Trinajstić information content (AvgIpc) is 2.41. The van der Waals surface area contributed by atoms with Gasteiger partial charge in [0.1, 0.15) is 12.4 Å². The number of hydrogen-bond acceptors (Lipinski definition) is 4. The summed E-state index contributed by atoms with van der Waals surface area (Å²) in [6, 6.07) is 7.96. The Morgan fingerprint density at radius 2 is 2.20 bits per heavy atom. The maximum absolute atomic E-state index is 10.7. The van der Waals surface area contributed by atoms with Crippen LogP contribution in [0.5, 0.6) is 5.75 Å². The van der Waals surface area contributed by atoms with Gasteiger partial charge < -0.3 is 14.6 Å². The van der Waals surface area contributed by atoms with Crippen LogP contribution < -0.4 is 4.74 Å². The summed E-state index contributed by atoms with van der Waals surface area (Å²) in [6.45, 7) is 5.50. The van der Waals surface area contributed by atoms with Crippen LogP contribution in [0.25, 0.3) is 0 Å². The van der Waals surface area contributed by atoms with Crippen LogP contribution >= 0.6 is 0 Å². The van der Waals surface area contributed by atoms with E-state index in [9.17, 15) is 4.79 Å². The van der Waals surface area contributed by atoms with Crippen LogP contribution in [0.2, 0.25) is 0 Å². The predicted octanol–water partition coefficient (Wildman–Crippen LogP) is 1.55. The summed E-state index contributed by atoms with van der Waals surface area (Å²) in [4.78, 5) is 12.9. The SMILES string of the molecule is Cc1ccc(OCCN2CCOC(CC(=O)O)C2)cc1. The Hall–Kier alpha value is -1.59. The fraction of sp³-hybridized carbons (Fsp3) is 0.533. The highest BCUT2D eigenvalue weighted by Gasteiger charge is 2.22. The van der Waals surface area contributed by atoms with Gasteiger partial charge in [0.25, 0.3) is 0 Å². The van der Waals surface area contributed by atoms with E-state index in [1.807, 2.05) is 31.2 Å². The monoisotopic (exact) mass is 279 g/mol. The number of nitrogens with zero attached hydrogens (tertiary/aromatic N) is 1. The maximum atomic E-state index is 10.7. The third-order valence-electron chi connectivity index (χ3n) is 3.32. The van der Waals surface area contributed by atoms with Gasteiger partial charge in [-0.3, -0.25) is 9.69 Å². The summed E-state index contributed by atoms with van der Waals surface area (Å²) < 4.78 is 11.1. The first-order chi connectivity index (χ1) is 9.63. The van der Waals surface area contributed by atoms with Crippen molar-refractivity contribution in [2.45, 2.75) is 19.4 Å². The van der Waals surface area contributed by atoms with Gasteiger partial charge in [0.15, 0.2) is 0 Å². The molecule has 20 heavy (non-hydrogen) atoms. The maximum Gasteiger partial charge on any atom is 0.306 e. The molecule has 1 aromatic carbocycles. The van der Waals surface area contributed by atoms with E-state index < -0.39 is 5.97 Å². The lowest BCUT2D eigenvalue weighted by Gasteiger charge is -2.32. The fourth-order valence-corrected chi connectivity index (χ4v) is 2.23. The third-order valence-corrected chi connectivity index (χ3v) is 3.32. The van der Waals surface area contributed by atoms with Crippen molar-refractivity contribution in [3.8, 4) is 5.75 Å². The molecule has 1 unspecified atom stereocenters. The van der Waals surface area contributed by atoms with Crippen molar-refractivity contribution in [3.05, 3.63) is 29.8 Å². The molecular formula is C15H21NO4. The summed E-state index contributed by atoms with van der Waals surface area (Å²) in [7, 11) is 0. The largest absolute Gasteiger partial charge is 0.492 e. The van der Waals surface area contributed by atoms with Crippen LogP contribution in [0.15, 0.2) is 24.3 Å². The Morgan fingerprint density at radius 3 is 2.90 bits per heavy atom. The number of rotatable bonds is 6. The van der Waals surface area contributed by atoms with E-state index in [1.54, 1.807) is 0 Å². The fourth-order valence-electron chi connectivity index (χ4n) is 2.23. The smallest absolute Gasteiger partial charge is 0.306 e. The van der Waals surface area contributed by atoms with Gasteiger partial charge in [-0.1, -0.05) is 17.7 Å². The minimum atomic E-state index is -0.812. The van der Waals surface area contributed by atoms with E-state index in [1.165, 1.54) is 5.56 Å². The van der Waals surface area contributed by atoms with Crippen LogP contribution in [-0.2, 0) is 9.53 Å². The first kappa shape index (κ1) is 14.8. The molecule has 1 aliphatic heterocycles. The molecule has 0 bridgehead atoms. The number of morpholine rings is 1. The molecule has 5 heteroatoms. The molecule has 0 aromatic heterocycles. The minimum Gasteiger partial charge on any atom is -0.492 e. The molecule has 1 fully saturated rings. The Bertz CT molecular complexity index is 432. The second kappa shape index (κ2) is 7.26. The molecule has 1 aliphatic rings. The van der Waals surface area contributed by atoms with Gasteiger partial charge in [-0.05, 0) is 19.1 Å². The molecule has 1 aromatic rings. The average molecular weight is 279 g/mol. The lowest BCUT2D eigenvalue weighted by atomic mass is 10.2. The number of hydrogen-bond donors (Lipinski definition) is 1. The van der Waals surface area contributed by atoms with Crippen molar-refractivity contribution in [1.29, 1.82) is 0 Å². The van der Waals surface area contributed by atoms with Gasteiger partial charge in [0.2, 0.25) is 0 Å². The van der Waals surface area contributed by atoms with Gasteiger partial charge >= 0.3 is 5.97 Å². The summed E-state index contributed by atoms with van der Waals surface area (Å²) in [5, 5.41) is 8.78. The van der Waals surface area contributed by atoms with Crippen LogP contribution in [0, 0.1) is 6.92 Å². The molecule has 2 rings (SSSR count). The summed E-state index contributed by atoms with van der Waals surface area (Å²) in [5.41, 5.74) is 1.21. The lowest BCUT2D eigenvalue weighted by Crippen LogP contribution is -2.44. The topological polar surface area (TPSA) is 59.0 Å². The van der Waals surface area contributed by atoms with Gasteiger partial charge in [0.05, 0.1) is 19.1 Å². The molecule has 1 atom stereocenters. The van der Waals surface area contributed by atoms with Gasteiger partial charge in [-0.25, -0.2) is 0 Å². The Balaban J connectivity index is 1.70. The molecule has 0 saturated carbocycles. The molecule has 1 heterocycles. The second-order valence-electron chi connectivity index (χ2n) is 5.05. The number of ether oxygens (including phenoxy) is 2. The highest BCUT2D eigenvalue weighted by Crippen LogP contribution is 2.12. The van der Waals surface area contributed by atoms with Crippen molar-refractivity contribution in [2.75, 3.05) is 32.8 Å². The Kier molecular flexibility index (Phi) is 5.38. The van der Waals surface area contributed by atoms with Crippen molar-refractivity contribution in [1.82, 2.24) is 4.90 Å². The summed E-state index contributed by atoms with van der Waals surface area (Å²) in [6.07, 6.45) is -0.143. The zero-order valence-electron chi connectivity index (χ0n) is 11.7. The van der Waals surface area contributed by atoms with E-state index in [4.69, 9.17) is 14.6 Å². The third kappa shape index (κ3) is 4.83. The molecule has 1 saturated heterocycles. The van der Waals surface area contributed by atoms with Crippen LogP contribution in [-0.4, -0.2) is 54.9 Å². The van der Waals surface area contributed by atoms with Crippen LogP contribution in [0.1, 0.15) is 12.0 Å². The first-order valence-electron chi connectivity index (χ1n) is 6.89. The van der Waals surface area contributed by atoms with E-state index in [0.717, 1.165) is 18.8 Å². The molecule has 110 valence electrons. The molecule has 1 N–H and O–H groups in total. The lowest BCUT2D eigenvalue weighted by molar-refractivity contribution is -0.142. The molecule has 0 aliphatic carbocycles. The van der Waals surface area contributed by atoms with Gasteiger partial charge in [-0.15, -0.1) is 0 Å². The Labute approximate surface area is 119 Å². The van der Waals surface area contributed by atoms with Crippen LogP contribution in [0.3, 0.4) is 0 Å². The highest BCUT2D eigenvalue weighted by atomic mass is 16.5. The number of aryl methyl sites for hydroxylation is 1. The molecular weight excluding hydrogens is 258 g/mol. The number of carbonyl (C=O) groups is 1.